The number of carbonyl (C=O) groups is 1. The van der Waals surface area contributed by atoms with Gasteiger partial charge in [-0.1, -0.05) is 13.8 Å². The molecule has 0 saturated carbocycles. The number of alkyl halides is 3. The first kappa shape index (κ1) is 16.9. The minimum Gasteiger partial charge on any atom is -0.329 e. The fraction of sp³-hybridized carbons (Fsp3) is 0.500. The smallest absolute Gasteiger partial charge is 0.329 e. The Bertz CT molecular complexity index is 443. The van der Waals surface area contributed by atoms with E-state index in [-0.39, 0.29) is 18.0 Å². The van der Waals surface area contributed by atoms with Crippen molar-refractivity contribution in [1.82, 2.24) is 4.90 Å². The number of thioether (sulfide) groups is 1. The van der Waals surface area contributed by atoms with Crippen molar-refractivity contribution in [3.8, 4) is 0 Å². The summed E-state index contributed by atoms with van der Waals surface area (Å²) in [6.45, 7) is 2.44. The van der Waals surface area contributed by atoms with E-state index in [9.17, 15) is 18.0 Å². The molecule has 20 heavy (non-hydrogen) atoms. The predicted molar refractivity (Wildman–Crippen MR) is 75.0 cm³/mol. The number of rotatable bonds is 5. The van der Waals surface area contributed by atoms with Gasteiger partial charge in [-0.3, -0.25) is 4.79 Å². The maximum atomic E-state index is 12.6. The van der Waals surface area contributed by atoms with Crippen molar-refractivity contribution in [1.29, 1.82) is 0 Å². The highest BCUT2D eigenvalue weighted by Gasteiger charge is 2.33. The molecule has 0 aliphatic heterocycles. The van der Waals surface area contributed by atoms with Gasteiger partial charge in [-0.15, -0.1) is 11.8 Å². The van der Waals surface area contributed by atoms with Gasteiger partial charge >= 0.3 is 6.18 Å². The molecule has 0 radical (unpaired) electrons. The molecule has 1 rings (SSSR count). The van der Waals surface area contributed by atoms with E-state index in [2.05, 4.69) is 0 Å². The molecule has 0 saturated heterocycles. The Hall–Kier alpha value is -1.17. The zero-order chi connectivity index (χ0) is 15.3. The van der Waals surface area contributed by atoms with E-state index >= 15 is 0 Å². The highest BCUT2D eigenvalue weighted by molar-refractivity contribution is 7.98. The Balaban J connectivity index is 2.90. The fourth-order valence-electron chi connectivity index (χ4n) is 1.79. The molecule has 6 heteroatoms. The second-order valence-electron chi connectivity index (χ2n) is 4.92. The summed E-state index contributed by atoms with van der Waals surface area (Å²) in [6.07, 6.45) is -2.49. The van der Waals surface area contributed by atoms with Gasteiger partial charge in [0.25, 0.3) is 5.91 Å². The molecule has 0 spiro atoms. The lowest BCUT2D eigenvalue weighted by atomic mass is 10.1. The third-order valence-electron chi connectivity index (χ3n) is 2.58. The zero-order valence-electron chi connectivity index (χ0n) is 11.7. The minimum absolute atomic E-state index is 0.0215. The topological polar surface area (TPSA) is 20.3 Å². The summed E-state index contributed by atoms with van der Waals surface area (Å²) >= 11 is 1.51. The third kappa shape index (κ3) is 5.45. The van der Waals surface area contributed by atoms with Crippen molar-refractivity contribution >= 4 is 17.7 Å². The van der Waals surface area contributed by atoms with Crippen LogP contribution in [0.5, 0.6) is 0 Å². The lowest BCUT2D eigenvalue weighted by Gasteiger charge is -2.25. The molecule has 0 aliphatic rings. The summed E-state index contributed by atoms with van der Waals surface area (Å²) in [5.74, 6) is -0.601. The summed E-state index contributed by atoms with van der Waals surface area (Å²) in [5.41, 5.74) is 0.285. The monoisotopic (exact) mass is 305 g/mol. The molecule has 1 aromatic rings. The van der Waals surface area contributed by atoms with Crippen LogP contribution >= 0.6 is 11.8 Å². The van der Waals surface area contributed by atoms with Gasteiger partial charge in [0.15, 0.2) is 0 Å². The summed E-state index contributed by atoms with van der Waals surface area (Å²) in [6, 6.07) is 6.60. The van der Waals surface area contributed by atoms with Crippen LogP contribution in [-0.4, -0.2) is 36.3 Å². The average Bonchev–Trinajstić information content (AvgIpc) is 2.35. The quantitative estimate of drug-likeness (QED) is 0.764. The summed E-state index contributed by atoms with van der Waals surface area (Å²) in [7, 11) is 0. The van der Waals surface area contributed by atoms with Gasteiger partial charge in [-0.05, 0) is 36.4 Å². The van der Waals surface area contributed by atoms with Gasteiger partial charge in [0.2, 0.25) is 0 Å². The van der Waals surface area contributed by atoms with Gasteiger partial charge in [-0.25, -0.2) is 0 Å². The van der Waals surface area contributed by atoms with E-state index in [0.29, 0.717) is 0 Å². The number of halogens is 3. The Kier molecular flexibility index (Phi) is 5.92. The van der Waals surface area contributed by atoms with Gasteiger partial charge in [-0.2, -0.15) is 13.2 Å². The van der Waals surface area contributed by atoms with Gasteiger partial charge < -0.3 is 4.90 Å². The lowest BCUT2D eigenvalue weighted by molar-refractivity contribution is -0.141. The first-order valence-electron chi connectivity index (χ1n) is 6.23. The molecule has 0 heterocycles. The molecule has 112 valence electrons. The molecule has 0 N–H and O–H groups in total. The number of hydrogen-bond acceptors (Lipinski definition) is 2. The molecule has 0 atom stereocenters. The van der Waals surface area contributed by atoms with E-state index < -0.39 is 18.6 Å². The molecule has 1 amide bonds. The highest BCUT2D eigenvalue weighted by Crippen LogP contribution is 2.20. The highest BCUT2D eigenvalue weighted by atomic mass is 32.2. The zero-order valence-corrected chi connectivity index (χ0v) is 12.5. The number of amides is 1. The van der Waals surface area contributed by atoms with Gasteiger partial charge in [0.05, 0.1) is 0 Å². The number of carbonyl (C=O) groups excluding carboxylic acids is 1. The third-order valence-corrected chi connectivity index (χ3v) is 3.32. The molecule has 0 fully saturated rings. The first-order valence-corrected chi connectivity index (χ1v) is 7.45. The van der Waals surface area contributed by atoms with E-state index in [1.54, 1.807) is 38.1 Å². The van der Waals surface area contributed by atoms with E-state index in [4.69, 9.17) is 0 Å². The van der Waals surface area contributed by atoms with Crippen molar-refractivity contribution in [2.45, 2.75) is 24.9 Å². The van der Waals surface area contributed by atoms with Crippen LogP contribution in [0, 0.1) is 5.92 Å². The van der Waals surface area contributed by atoms with Crippen LogP contribution in [0.25, 0.3) is 0 Å². The van der Waals surface area contributed by atoms with Crippen LogP contribution in [0.1, 0.15) is 24.2 Å². The largest absolute Gasteiger partial charge is 0.406 e. The molecule has 0 bridgehead atoms. The van der Waals surface area contributed by atoms with Crippen molar-refractivity contribution in [3.63, 3.8) is 0 Å². The van der Waals surface area contributed by atoms with Crippen LogP contribution in [0.4, 0.5) is 13.2 Å². The van der Waals surface area contributed by atoms with E-state index in [1.807, 2.05) is 6.26 Å². The lowest BCUT2D eigenvalue weighted by Crippen LogP contribution is -2.41. The van der Waals surface area contributed by atoms with E-state index in [1.165, 1.54) is 11.8 Å². The standard InChI is InChI=1S/C14H18F3NOS/c1-10(2)8-18(9-14(15,16)17)13(19)11-4-6-12(20-3)7-5-11/h4-7,10H,8-9H2,1-3H3. The van der Waals surface area contributed by atoms with Crippen molar-refractivity contribution in [2.75, 3.05) is 19.3 Å². The van der Waals surface area contributed by atoms with Crippen molar-refractivity contribution < 1.29 is 18.0 Å². The number of hydrogen-bond donors (Lipinski definition) is 0. The summed E-state index contributed by atoms with van der Waals surface area (Å²) in [5, 5.41) is 0. The van der Waals surface area contributed by atoms with Crippen LogP contribution in [0.2, 0.25) is 0 Å². The van der Waals surface area contributed by atoms with Crippen LogP contribution < -0.4 is 0 Å². The SMILES string of the molecule is CSc1ccc(C(=O)N(CC(C)C)CC(F)(F)F)cc1. The molecular weight excluding hydrogens is 287 g/mol. The molecule has 0 aromatic heterocycles. The van der Waals surface area contributed by atoms with E-state index in [0.717, 1.165) is 9.80 Å². The normalized spacial score (nSPS) is 11.8. The first-order chi connectivity index (χ1) is 9.23. The summed E-state index contributed by atoms with van der Waals surface area (Å²) < 4.78 is 37.7. The summed E-state index contributed by atoms with van der Waals surface area (Å²) in [4.78, 5) is 14.0. The molecule has 0 aliphatic carbocycles. The Morgan fingerprint density at radius 2 is 1.80 bits per heavy atom. The van der Waals surface area contributed by atoms with Crippen LogP contribution in [-0.2, 0) is 0 Å². The molecular formula is C14H18F3NOS. The Morgan fingerprint density at radius 1 is 1.25 bits per heavy atom. The molecule has 0 unspecified atom stereocenters. The Morgan fingerprint density at radius 3 is 2.20 bits per heavy atom. The number of benzene rings is 1. The van der Waals surface area contributed by atoms with Crippen LogP contribution in [0.15, 0.2) is 29.2 Å². The molecule has 2 nitrogen and oxygen atoms in total. The minimum atomic E-state index is -4.39. The number of nitrogens with zero attached hydrogens (tertiary/aromatic N) is 1. The fourth-order valence-corrected chi connectivity index (χ4v) is 2.20. The second kappa shape index (κ2) is 7.02. The predicted octanol–water partition coefficient (Wildman–Crippen LogP) is 4.07. The maximum absolute atomic E-state index is 12.6. The van der Waals surface area contributed by atoms with Crippen molar-refractivity contribution in [3.05, 3.63) is 29.8 Å². The van der Waals surface area contributed by atoms with Gasteiger partial charge in [0, 0.05) is 17.0 Å². The second-order valence-corrected chi connectivity index (χ2v) is 5.80. The Labute approximate surface area is 121 Å². The maximum Gasteiger partial charge on any atom is 0.406 e. The van der Waals surface area contributed by atoms with Crippen LogP contribution in [0.3, 0.4) is 0 Å². The average molecular weight is 305 g/mol. The van der Waals surface area contributed by atoms with Gasteiger partial charge in [0.1, 0.15) is 6.54 Å². The molecule has 1 aromatic carbocycles. The van der Waals surface area contributed by atoms with Crippen molar-refractivity contribution in [2.24, 2.45) is 5.92 Å².